The third kappa shape index (κ3) is 4.53. The summed E-state index contributed by atoms with van der Waals surface area (Å²) in [6.45, 7) is 10.8. The van der Waals surface area contributed by atoms with Crippen LogP contribution in [0.15, 0.2) is 18.2 Å². The molecule has 4 heteroatoms. The second-order valence-corrected chi connectivity index (χ2v) is 8.09. The summed E-state index contributed by atoms with van der Waals surface area (Å²) < 4.78 is 1.12. The second kappa shape index (κ2) is 6.14. The SMILES string of the molecule is Cc1cccc2sc(NC(=O)CC(C)CC(C)(C)C)nc12. The van der Waals surface area contributed by atoms with Crippen molar-refractivity contribution in [3.63, 3.8) is 0 Å². The Bertz CT molecular complexity index is 640. The summed E-state index contributed by atoms with van der Waals surface area (Å²) in [7, 11) is 0. The van der Waals surface area contributed by atoms with Gasteiger partial charge in [-0.2, -0.15) is 0 Å². The fourth-order valence-corrected chi connectivity index (χ4v) is 3.70. The van der Waals surface area contributed by atoms with Gasteiger partial charge in [-0.1, -0.05) is 51.2 Å². The fraction of sp³-hybridized carbons (Fsp3) is 0.529. The van der Waals surface area contributed by atoms with Crippen molar-refractivity contribution in [3.05, 3.63) is 23.8 Å². The van der Waals surface area contributed by atoms with Crippen LogP contribution in [0.3, 0.4) is 0 Å². The topological polar surface area (TPSA) is 42.0 Å². The number of carbonyl (C=O) groups excluding carboxylic acids is 1. The van der Waals surface area contributed by atoms with Crippen molar-refractivity contribution in [1.29, 1.82) is 0 Å². The highest BCUT2D eigenvalue weighted by Gasteiger charge is 2.18. The summed E-state index contributed by atoms with van der Waals surface area (Å²) in [5, 5.41) is 3.64. The van der Waals surface area contributed by atoms with Gasteiger partial charge in [0.2, 0.25) is 5.91 Å². The van der Waals surface area contributed by atoms with Crippen LogP contribution in [0.5, 0.6) is 0 Å². The minimum Gasteiger partial charge on any atom is -0.302 e. The van der Waals surface area contributed by atoms with Crippen molar-refractivity contribution >= 4 is 32.6 Å². The highest BCUT2D eigenvalue weighted by molar-refractivity contribution is 7.22. The number of amides is 1. The molecule has 1 atom stereocenters. The smallest absolute Gasteiger partial charge is 0.226 e. The number of rotatable bonds is 4. The number of benzene rings is 1. The standard InChI is InChI=1S/C17H24N2OS/c1-11(10-17(3,4)5)9-14(20)18-16-19-15-12(2)7-6-8-13(15)21-16/h6-8,11H,9-10H2,1-5H3,(H,18,19,20). The van der Waals surface area contributed by atoms with Crippen molar-refractivity contribution in [2.75, 3.05) is 5.32 Å². The molecule has 0 saturated heterocycles. The highest BCUT2D eigenvalue weighted by atomic mass is 32.1. The molecule has 0 aliphatic carbocycles. The summed E-state index contributed by atoms with van der Waals surface area (Å²) in [6.07, 6.45) is 1.59. The number of aryl methyl sites for hydroxylation is 1. The van der Waals surface area contributed by atoms with Gasteiger partial charge < -0.3 is 5.32 Å². The Hall–Kier alpha value is -1.42. The number of nitrogens with zero attached hydrogens (tertiary/aromatic N) is 1. The van der Waals surface area contributed by atoms with Crippen LogP contribution in [0.1, 0.15) is 46.1 Å². The summed E-state index contributed by atoms with van der Waals surface area (Å²) in [6, 6.07) is 6.10. The number of para-hydroxylation sites is 1. The first-order valence-electron chi connectivity index (χ1n) is 7.40. The Morgan fingerprint density at radius 3 is 2.71 bits per heavy atom. The molecule has 0 radical (unpaired) electrons. The van der Waals surface area contributed by atoms with Crippen molar-refractivity contribution < 1.29 is 4.79 Å². The molecule has 2 aromatic rings. The molecule has 114 valence electrons. The van der Waals surface area contributed by atoms with Crippen LogP contribution in [0.4, 0.5) is 5.13 Å². The van der Waals surface area contributed by atoms with Gasteiger partial charge in [0.25, 0.3) is 0 Å². The lowest BCUT2D eigenvalue weighted by Gasteiger charge is -2.22. The normalized spacial score (nSPS) is 13.4. The van der Waals surface area contributed by atoms with Gasteiger partial charge >= 0.3 is 0 Å². The third-order valence-corrected chi connectivity index (χ3v) is 4.30. The van der Waals surface area contributed by atoms with Crippen LogP contribution in [-0.4, -0.2) is 10.9 Å². The van der Waals surface area contributed by atoms with Crippen LogP contribution in [0.25, 0.3) is 10.2 Å². The van der Waals surface area contributed by atoms with Crippen LogP contribution in [0, 0.1) is 18.3 Å². The van der Waals surface area contributed by atoms with Gasteiger partial charge in [-0.05, 0) is 36.3 Å². The van der Waals surface area contributed by atoms with Gasteiger partial charge in [0, 0.05) is 6.42 Å². The van der Waals surface area contributed by atoms with E-state index in [1.165, 1.54) is 11.3 Å². The molecule has 1 unspecified atom stereocenters. The maximum absolute atomic E-state index is 12.1. The zero-order chi connectivity index (χ0) is 15.6. The number of carbonyl (C=O) groups is 1. The largest absolute Gasteiger partial charge is 0.302 e. The lowest BCUT2D eigenvalue weighted by molar-refractivity contribution is -0.117. The predicted molar refractivity (Wildman–Crippen MR) is 90.8 cm³/mol. The second-order valence-electron chi connectivity index (χ2n) is 7.06. The summed E-state index contributed by atoms with van der Waals surface area (Å²) in [5.74, 6) is 0.435. The summed E-state index contributed by atoms with van der Waals surface area (Å²) >= 11 is 1.54. The van der Waals surface area contributed by atoms with Gasteiger partial charge in [-0.15, -0.1) is 0 Å². The van der Waals surface area contributed by atoms with E-state index >= 15 is 0 Å². The molecule has 0 bridgehead atoms. The van der Waals surface area contributed by atoms with Crippen LogP contribution >= 0.6 is 11.3 Å². The fourth-order valence-electron chi connectivity index (χ4n) is 2.74. The lowest BCUT2D eigenvalue weighted by Crippen LogP contribution is -2.18. The third-order valence-electron chi connectivity index (χ3n) is 3.36. The number of anilines is 1. The van der Waals surface area contributed by atoms with E-state index in [2.05, 4.69) is 38.0 Å². The van der Waals surface area contributed by atoms with E-state index in [1.54, 1.807) is 0 Å². The first-order valence-corrected chi connectivity index (χ1v) is 8.22. The molecular formula is C17H24N2OS. The Balaban J connectivity index is 2.00. The molecule has 0 saturated carbocycles. The van der Waals surface area contributed by atoms with Crippen LogP contribution in [0.2, 0.25) is 0 Å². The Morgan fingerprint density at radius 1 is 1.38 bits per heavy atom. The Morgan fingerprint density at radius 2 is 2.10 bits per heavy atom. The maximum atomic E-state index is 12.1. The summed E-state index contributed by atoms with van der Waals surface area (Å²) in [4.78, 5) is 16.6. The molecule has 0 spiro atoms. The molecule has 0 fully saturated rings. The number of fused-ring (bicyclic) bond motifs is 1. The first kappa shape index (κ1) is 16.0. The molecule has 0 aliphatic heterocycles. The van der Waals surface area contributed by atoms with Crippen LogP contribution < -0.4 is 5.32 Å². The van der Waals surface area contributed by atoms with E-state index in [0.29, 0.717) is 17.5 Å². The van der Waals surface area contributed by atoms with E-state index in [4.69, 9.17) is 0 Å². The van der Waals surface area contributed by atoms with Gasteiger partial charge in [0.05, 0.1) is 10.2 Å². The summed E-state index contributed by atoms with van der Waals surface area (Å²) in [5.41, 5.74) is 2.39. The van der Waals surface area contributed by atoms with Crippen molar-refractivity contribution in [2.45, 2.75) is 47.5 Å². The zero-order valence-electron chi connectivity index (χ0n) is 13.5. The highest BCUT2D eigenvalue weighted by Crippen LogP contribution is 2.29. The molecule has 21 heavy (non-hydrogen) atoms. The molecule has 0 aliphatic rings. The zero-order valence-corrected chi connectivity index (χ0v) is 14.3. The van der Waals surface area contributed by atoms with Gasteiger partial charge in [-0.25, -0.2) is 4.98 Å². The molecule has 1 N–H and O–H groups in total. The van der Waals surface area contributed by atoms with Crippen molar-refractivity contribution in [2.24, 2.45) is 11.3 Å². The Labute approximate surface area is 130 Å². The maximum Gasteiger partial charge on any atom is 0.226 e. The van der Waals surface area contributed by atoms with E-state index in [0.717, 1.165) is 22.2 Å². The quantitative estimate of drug-likeness (QED) is 0.863. The molecular weight excluding hydrogens is 280 g/mol. The van der Waals surface area contributed by atoms with Crippen molar-refractivity contribution in [3.8, 4) is 0 Å². The van der Waals surface area contributed by atoms with Crippen molar-refractivity contribution in [1.82, 2.24) is 4.98 Å². The van der Waals surface area contributed by atoms with Crippen LogP contribution in [-0.2, 0) is 4.79 Å². The van der Waals surface area contributed by atoms with E-state index in [9.17, 15) is 4.79 Å². The number of thiazole rings is 1. The van der Waals surface area contributed by atoms with E-state index < -0.39 is 0 Å². The van der Waals surface area contributed by atoms with Gasteiger partial charge in [-0.3, -0.25) is 4.79 Å². The molecule has 3 nitrogen and oxygen atoms in total. The number of hydrogen-bond donors (Lipinski definition) is 1. The predicted octanol–water partition coefficient (Wildman–Crippen LogP) is 5.01. The van der Waals surface area contributed by atoms with E-state index in [1.807, 2.05) is 25.1 Å². The van der Waals surface area contributed by atoms with Gasteiger partial charge in [0.1, 0.15) is 0 Å². The first-order chi connectivity index (χ1) is 9.74. The average molecular weight is 304 g/mol. The lowest BCUT2D eigenvalue weighted by atomic mass is 9.84. The monoisotopic (exact) mass is 304 g/mol. The molecule has 2 rings (SSSR count). The average Bonchev–Trinajstić information content (AvgIpc) is 2.69. The molecule has 1 amide bonds. The van der Waals surface area contributed by atoms with Gasteiger partial charge in [0.15, 0.2) is 5.13 Å². The van der Waals surface area contributed by atoms with E-state index in [-0.39, 0.29) is 11.3 Å². The minimum atomic E-state index is 0.0588. The number of aromatic nitrogens is 1. The number of hydrogen-bond acceptors (Lipinski definition) is 3. The Kier molecular flexibility index (Phi) is 4.67. The molecule has 1 aromatic heterocycles. The number of nitrogens with one attached hydrogen (secondary N) is 1. The minimum absolute atomic E-state index is 0.0588. The molecule has 1 heterocycles. The molecule has 1 aromatic carbocycles.